The van der Waals surface area contributed by atoms with Gasteiger partial charge in [-0.3, -0.25) is 4.57 Å². The standard InChI is InChI=1S/C15H34NO5P.Na/c1-3-4-5-6-7-8-9-10-11-15(17)14-16(2)12-13-21-22(18,19)20;/h15,17H,3-14H2,1-2H3,(H2,18,19,20);/q;+1/p-1. The molecule has 2 unspecified atom stereocenters. The van der Waals surface area contributed by atoms with Gasteiger partial charge in [-0.1, -0.05) is 58.3 Å². The second-order valence-electron chi connectivity index (χ2n) is 5.98. The van der Waals surface area contributed by atoms with Crippen LogP contribution >= 0.6 is 7.82 Å². The fourth-order valence-corrected chi connectivity index (χ4v) is 2.68. The van der Waals surface area contributed by atoms with Gasteiger partial charge in [-0.15, -0.1) is 0 Å². The summed E-state index contributed by atoms with van der Waals surface area (Å²) in [6, 6.07) is 0. The second kappa shape index (κ2) is 16.5. The molecule has 0 heterocycles. The molecule has 0 aliphatic heterocycles. The third-order valence-electron chi connectivity index (χ3n) is 3.64. The van der Waals surface area contributed by atoms with Gasteiger partial charge in [0.05, 0.1) is 12.7 Å². The van der Waals surface area contributed by atoms with Crippen LogP contribution in [0.3, 0.4) is 0 Å². The van der Waals surface area contributed by atoms with E-state index in [1.807, 2.05) is 0 Å². The Hall–Kier alpha value is 1.03. The Morgan fingerprint density at radius 1 is 1.13 bits per heavy atom. The van der Waals surface area contributed by atoms with Gasteiger partial charge in [0.15, 0.2) is 0 Å². The molecule has 0 spiro atoms. The Morgan fingerprint density at radius 3 is 2.17 bits per heavy atom. The van der Waals surface area contributed by atoms with Crippen LogP contribution in [0.15, 0.2) is 0 Å². The number of unbranched alkanes of at least 4 members (excludes halogenated alkanes) is 7. The topological polar surface area (TPSA) is 93.1 Å². The van der Waals surface area contributed by atoms with E-state index in [9.17, 15) is 14.6 Å². The molecule has 0 aromatic carbocycles. The van der Waals surface area contributed by atoms with Crippen molar-refractivity contribution in [2.24, 2.45) is 0 Å². The zero-order chi connectivity index (χ0) is 16.8. The van der Waals surface area contributed by atoms with E-state index in [2.05, 4.69) is 11.4 Å². The average molecular weight is 361 g/mol. The van der Waals surface area contributed by atoms with Crippen LogP contribution in [0.2, 0.25) is 0 Å². The van der Waals surface area contributed by atoms with E-state index >= 15 is 0 Å². The van der Waals surface area contributed by atoms with Gasteiger partial charge in [-0.2, -0.15) is 0 Å². The van der Waals surface area contributed by atoms with Gasteiger partial charge >= 0.3 is 29.6 Å². The number of hydrogen-bond donors (Lipinski definition) is 2. The number of phosphoric acid groups is 1. The Bertz CT molecular complexity index is 304. The van der Waals surface area contributed by atoms with Crippen LogP contribution in [0.5, 0.6) is 0 Å². The predicted molar refractivity (Wildman–Crippen MR) is 86.5 cm³/mol. The summed E-state index contributed by atoms with van der Waals surface area (Å²) in [5.41, 5.74) is 0. The van der Waals surface area contributed by atoms with E-state index in [1.165, 1.54) is 38.5 Å². The van der Waals surface area contributed by atoms with Gasteiger partial charge in [0, 0.05) is 13.1 Å². The normalized spacial score (nSPS) is 15.2. The van der Waals surface area contributed by atoms with Crippen molar-refractivity contribution in [1.29, 1.82) is 0 Å². The van der Waals surface area contributed by atoms with Crippen LogP contribution in [-0.4, -0.2) is 47.7 Å². The molecule has 0 radical (unpaired) electrons. The molecule has 23 heavy (non-hydrogen) atoms. The number of aliphatic hydroxyl groups excluding tert-OH is 1. The Morgan fingerprint density at radius 2 is 1.65 bits per heavy atom. The Balaban J connectivity index is 0. The zero-order valence-electron chi connectivity index (χ0n) is 15.1. The summed E-state index contributed by atoms with van der Waals surface area (Å²) in [5, 5.41) is 9.90. The first kappa shape index (κ1) is 26.3. The largest absolute Gasteiger partial charge is 1.00 e. The number of hydrogen-bond acceptors (Lipinski definition) is 5. The predicted octanol–water partition coefficient (Wildman–Crippen LogP) is -0.709. The third kappa shape index (κ3) is 21.0. The van der Waals surface area contributed by atoms with E-state index in [0.29, 0.717) is 13.1 Å². The molecule has 0 aromatic heterocycles. The summed E-state index contributed by atoms with van der Waals surface area (Å²) in [5.74, 6) is 0. The molecule has 0 saturated heterocycles. The van der Waals surface area contributed by atoms with Gasteiger partial charge in [-0.05, 0) is 13.5 Å². The van der Waals surface area contributed by atoms with Crippen molar-refractivity contribution in [3.05, 3.63) is 0 Å². The van der Waals surface area contributed by atoms with Gasteiger partial charge in [0.25, 0.3) is 7.82 Å². The van der Waals surface area contributed by atoms with Crippen molar-refractivity contribution < 1.29 is 53.5 Å². The molecule has 2 N–H and O–H groups in total. The molecule has 0 saturated carbocycles. The van der Waals surface area contributed by atoms with Crippen LogP contribution in [0.4, 0.5) is 0 Å². The molecule has 0 aliphatic carbocycles. The van der Waals surface area contributed by atoms with Crippen molar-refractivity contribution >= 4 is 7.82 Å². The molecule has 0 bridgehead atoms. The smallest absolute Gasteiger partial charge is 0.756 e. The maximum absolute atomic E-state index is 10.4. The van der Waals surface area contributed by atoms with Crippen LogP contribution in [-0.2, 0) is 9.09 Å². The van der Waals surface area contributed by atoms with E-state index in [0.717, 1.165) is 19.3 Å². The van der Waals surface area contributed by atoms with Crippen molar-refractivity contribution in [1.82, 2.24) is 4.90 Å². The van der Waals surface area contributed by atoms with Crippen LogP contribution in [0, 0.1) is 0 Å². The van der Waals surface area contributed by atoms with E-state index < -0.39 is 13.9 Å². The summed E-state index contributed by atoms with van der Waals surface area (Å²) >= 11 is 0. The van der Waals surface area contributed by atoms with Crippen LogP contribution < -0.4 is 34.5 Å². The number of rotatable bonds is 15. The minimum absolute atomic E-state index is 0. The first-order chi connectivity index (χ1) is 10.3. The van der Waals surface area contributed by atoms with Crippen molar-refractivity contribution in [3.63, 3.8) is 0 Å². The Labute approximate surface area is 163 Å². The minimum Gasteiger partial charge on any atom is -0.756 e. The molecule has 0 fully saturated rings. The molecule has 0 aliphatic rings. The third-order valence-corrected chi connectivity index (χ3v) is 4.15. The SMILES string of the molecule is CCCCCCCCCCC(O)CN(C)CCOP(=O)([O-])O.[Na+]. The number of nitrogens with zero attached hydrogens (tertiary/aromatic N) is 1. The monoisotopic (exact) mass is 361 g/mol. The van der Waals surface area contributed by atoms with E-state index in [4.69, 9.17) is 4.89 Å². The average Bonchev–Trinajstić information content (AvgIpc) is 2.40. The minimum atomic E-state index is -4.63. The van der Waals surface area contributed by atoms with Crippen LogP contribution in [0.25, 0.3) is 0 Å². The summed E-state index contributed by atoms with van der Waals surface area (Å²) in [4.78, 5) is 20.7. The quantitative estimate of drug-likeness (QED) is 0.227. The molecule has 2 atom stereocenters. The molecule has 0 rings (SSSR count). The molecule has 8 heteroatoms. The van der Waals surface area contributed by atoms with Crippen molar-refractivity contribution in [2.75, 3.05) is 26.7 Å². The summed E-state index contributed by atoms with van der Waals surface area (Å²) < 4.78 is 14.7. The second-order valence-corrected chi connectivity index (χ2v) is 7.18. The molecule has 6 nitrogen and oxygen atoms in total. The maximum Gasteiger partial charge on any atom is 1.00 e. The van der Waals surface area contributed by atoms with Gasteiger partial charge in [0.2, 0.25) is 0 Å². The first-order valence-corrected chi connectivity index (χ1v) is 9.89. The molecule has 0 aromatic rings. The number of aliphatic hydroxyl groups is 1. The van der Waals surface area contributed by atoms with Crippen LogP contribution in [0.1, 0.15) is 64.7 Å². The van der Waals surface area contributed by atoms with Gasteiger partial charge < -0.3 is 24.3 Å². The zero-order valence-corrected chi connectivity index (χ0v) is 18.0. The van der Waals surface area contributed by atoms with Crippen molar-refractivity contribution in [3.8, 4) is 0 Å². The molecule has 134 valence electrons. The summed E-state index contributed by atoms with van der Waals surface area (Å²) in [6.07, 6.45) is 10.3. The summed E-state index contributed by atoms with van der Waals surface area (Å²) in [6.45, 7) is 2.95. The molecular weight excluding hydrogens is 328 g/mol. The van der Waals surface area contributed by atoms with Crippen molar-refractivity contribution in [2.45, 2.75) is 70.8 Å². The number of likely N-dealkylation sites (N-methyl/N-ethyl adjacent to an activating group) is 1. The van der Waals surface area contributed by atoms with Gasteiger partial charge in [0.1, 0.15) is 0 Å². The number of phosphoric ester groups is 1. The summed E-state index contributed by atoms with van der Waals surface area (Å²) in [7, 11) is -2.85. The first-order valence-electron chi connectivity index (χ1n) is 8.40. The fraction of sp³-hybridized carbons (Fsp3) is 1.00. The molecule has 0 amide bonds. The fourth-order valence-electron chi connectivity index (χ4n) is 2.37. The molecular formula is C15H33NNaO5P. The van der Waals surface area contributed by atoms with E-state index in [1.54, 1.807) is 11.9 Å². The van der Waals surface area contributed by atoms with E-state index in [-0.39, 0.29) is 36.2 Å². The maximum atomic E-state index is 10.4. The Kier molecular flexibility index (Phi) is 18.8. The van der Waals surface area contributed by atoms with Gasteiger partial charge in [-0.25, -0.2) is 0 Å².